The summed E-state index contributed by atoms with van der Waals surface area (Å²) in [5, 5.41) is 0. The molecule has 3 N–H and O–H groups in total. The van der Waals surface area contributed by atoms with Crippen LogP contribution in [0.1, 0.15) is 35.5 Å². The van der Waals surface area contributed by atoms with Crippen LogP contribution in [0.3, 0.4) is 0 Å². The average Bonchev–Trinajstić information content (AvgIpc) is 3.12. The lowest BCUT2D eigenvalue weighted by atomic mass is 9.99. The molecule has 0 spiro atoms. The molecule has 1 aliphatic heterocycles. The fourth-order valence-corrected chi connectivity index (χ4v) is 2.68. The molecular formula is C15H20N4O. The molecule has 0 bridgehead atoms. The van der Waals surface area contributed by atoms with Crippen molar-refractivity contribution < 1.29 is 4.74 Å². The van der Waals surface area contributed by atoms with Crippen LogP contribution in [0.2, 0.25) is 0 Å². The quantitative estimate of drug-likeness (QED) is 0.642. The number of aryl methyl sites for hydroxylation is 1. The van der Waals surface area contributed by atoms with Crippen LogP contribution in [-0.2, 0) is 30.9 Å². The molecular weight excluding hydrogens is 252 g/mol. The van der Waals surface area contributed by atoms with Crippen molar-refractivity contribution in [2.75, 3.05) is 0 Å². The van der Waals surface area contributed by atoms with E-state index >= 15 is 0 Å². The molecule has 2 aromatic rings. The second-order valence-electron chi connectivity index (χ2n) is 5.07. The van der Waals surface area contributed by atoms with E-state index in [1.807, 2.05) is 12.4 Å². The molecule has 0 amide bonds. The molecule has 5 heteroatoms. The van der Waals surface area contributed by atoms with E-state index in [9.17, 15) is 0 Å². The topological polar surface area (TPSA) is 65.1 Å². The molecule has 0 radical (unpaired) electrons. The van der Waals surface area contributed by atoms with E-state index in [4.69, 9.17) is 10.6 Å². The van der Waals surface area contributed by atoms with Crippen LogP contribution in [0.25, 0.3) is 0 Å². The lowest BCUT2D eigenvalue weighted by Gasteiger charge is -2.17. The van der Waals surface area contributed by atoms with E-state index in [1.165, 1.54) is 16.7 Å². The second-order valence-corrected chi connectivity index (χ2v) is 5.07. The SMILES string of the molecule is CCn1ccnc1CC(NN)c1ccc2c(c1)COC2. The van der Waals surface area contributed by atoms with Gasteiger partial charge in [0.1, 0.15) is 5.82 Å². The van der Waals surface area contributed by atoms with Gasteiger partial charge in [0.15, 0.2) is 0 Å². The minimum Gasteiger partial charge on any atom is -0.372 e. The van der Waals surface area contributed by atoms with Gasteiger partial charge in [-0.25, -0.2) is 4.98 Å². The summed E-state index contributed by atoms with van der Waals surface area (Å²) in [6.07, 6.45) is 4.61. The van der Waals surface area contributed by atoms with Crippen molar-refractivity contribution in [3.05, 3.63) is 53.1 Å². The van der Waals surface area contributed by atoms with E-state index in [0.29, 0.717) is 6.61 Å². The number of hydrazine groups is 1. The van der Waals surface area contributed by atoms with Crippen LogP contribution in [-0.4, -0.2) is 9.55 Å². The first-order valence-electron chi connectivity index (χ1n) is 6.97. The fraction of sp³-hybridized carbons (Fsp3) is 0.400. The number of rotatable bonds is 5. The summed E-state index contributed by atoms with van der Waals surface area (Å²) in [6.45, 7) is 4.45. The zero-order valence-corrected chi connectivity index (χ0v) is 11.7. The van der Waals surface area contributed by atoms with Crippen LogP contribution < -0.4 is 11.3 Å². The molecule has 0 fully saturated rings. The smallest absolute Gasteiger partial charge is 0.110 e. The summed E-state index contributed by atoms with van der Waals surface area (Å²) in [7, 11) is 0. The first-order chi connectivity index (χ1) is 9.81. The Balaban J connectivity index is 1.83. The van der Waals surface area contributed by atoms with Gasteiger partial charge in [0.2, 0.25) is 0 Å². The van der Waals surface area contributed by atoms with Crippen LogP contribution >= 0.6 is 0 Å². The standard InChI is InChI=1S/C15H20N4O/c1-2-19-6-5-17-15(19)8-14(18-16)11-3-4-12-9-20-10-13(12)7-11/h3-7,14,18H,2,8-10,16H2,1H3. The summed E-state index contributed by atoms with van der Waals surface area (Å²) in [4.78, 5) is 4.42. The van der Waals surface area contributed by atoms with Crippen LogP contribution in [0.15, 0.2) is 30.6 Å². The third-order valence-corrected chi connectivity index (χ3v) is 3.88. The molecule has 20 heavy (non-hydrogen) atoms. The van der Waals surface area contributed by atoms with Crippen molar-refractivity contribution in [1.29, 1.82) is 0 Å². The molecule has 2 heterocycles. The molecule has 5 nitrogen and oxygen atoms in total. The Morgan fingerprint density at radius 3 is 3.05 bits per heavy atom. The zero-order valence-electron chi connectivity index (χ0n) is 11.7. The molecule has 1 atom stereocenters. The van der Waals surface area contributed by atoms with Gasteiger partial charge in [0, 0.05) is 25.4 Å². The lowest BCUT2D eigenvalue weighted by molar-refractivity contribution is 0.134. The fourth-order valence-electron chi connectivity index (χ4n) is 2.68. The number of fused-ring (bicyclic) bond motifs is 1. The highest BCUT2D eigenvalue weighted by Gasteiger charge is 2.17. The molecule has 3 rings (SSSR count). The number of hydrogen-bond donors (Lipinski definition) is 2. The number of nitrogens with one attached hydrogen (secondary N) is 1. The summed E-state index contributed by atoms with van der Waals surface area (Å²) in [5.74, 6) is 6.79. The Labute approximate surface area is 118 Å². The predicted molar refractivity (Wildman–Crippen MR) is 76.6 cm³/mol. The summed E-state index contributed by atoms with van der Waals surface area (Å²) in [6, 6.07) is 6.51. The predicted octanol–water partition coefficient (Wildman–Crippen LogP) is 1.68. The van der Waals surface area contributed by atoms with Crippen LogP contribution in [0, 0.1) is 0 Å². The Kier molecular flexibility index (Phi) is 3.82. The van der Waals surface area contributed by atoms with Crippen molar-refractivity contribution in [3.8, 4) is 0 Å². The first-order valence-corrected chi connectivity index (χ1v) is 6.97. The van der Waals surface area contributed by atoms with Crippen molar-refractivity contribution in [1.82, 2.24) is 15.0 Å². The molecule has 0 saturated carbocycles. The highest BCUT2D eigenvalue weighted by Crippen LogP contribution is 2.25. The van der Waals surface area contributed by atoms with Gasteiger partial charge in [0.25, 0.3) is 0 Å². The normalized spacial score (nSPS) is 15.3. The number of aromatic nitrogens is 2. The van der Waals surface area contributed by atoms with Gasteiger partial charge in [-0.1, -0.05) is 18.2 Å². The maximum atomic E-state index is 5.74. The van der Waals surface area contributed by atoms with E-state index in [-0.39, 0.29) is 6.04 Å². The van der Waals surface area contributed by atoms with Crippen molar-refractivity contribution in [3.63, 3.8) is 0 Å². The number of benzene rings is 1. The van der Waals surface area contributed by atoms with Gasteiger partial charge in [-0.2, -0.15) is 0 Å². The Morgan fingerprint density at radius 1 is 1.40 bits per heavy atom. The minimum absolute atomic E-state index is 0.0635. The highest BCUT2D eigenvalue weighted by atomic mass is 16.5. The molecule has 1 unspecified atom stereocenters. The maximum Gasteiger partial charge on any atom is 0.110 e. The number of hydrogen-bond acceptors (Lipinski definition) is 4. The van der Waals surface area contributed by atoms with Crippen molar-refractivity contribution in [2.24, 2.45) is 5.84 Å². The summed E-state index contributed by atoms with van der Waals surface area (Å²) in [5.41, 5.74) is 6.63. The summed E-state index contributed by atoms with van der Waals surface area (Å²) < 4.78 is 7.60. The molecule has 1 aliphatic rings. The van der Waals surface area contributed by atoms with Gasteiger partial charge >= 0.3 is 0 Å². The number of nitrogens with two attached hydrogens (primary N) is 1. The van der Waals surface area contributed by atoms with Gasteiger partial charge in [-0.3, -0.25) is 11.3 Å². The lowest BCUT2D eigenvalue weighted by Crippen LogP contribution is -2.30. The summed E-state index contributed by atoms with van der Waals surface area (Å²) >= 11 is 0. The van der Waals surface area contributed by atoms with E-state index in [0.717, 1.165) is 25.4 Å². The average molecular weight is 272 g/mol. The Morgan fingerprint density at radius 2 is 2.25 bits per heavy atom. The van der Waals surface area contributed by atoms with Crippen molar-refractivity contribution in [2.45, 2.75) is 39.1 Å². The highest BCUT2D eigenvalue weighted by molar-refractivity contribution is 5.35. The molecule has 1 aromatic heterocycles. The molecule has 0 aliphatic carbocycles. The van der Waals surface area contributed by atoms with Crippen LogP contribution in [0.5, 0.6) is 0 Å². The van der Waals surface area contributed by atoms with Crippen LogP contribution in [0.4, 0.5) is 0 Å². The first kappa shape index (κ1) is 13.3. The maximum absolute atomic E-state index is 5.74. The monoisotopic (exact) mass is 272 g/mol. The Hall–Kier alpha value is -1.69. The van der Waals surface area contributed by atoms with Gasteiger partial charge in [0.05, 0.1) is 19.3 Å². The Bertz CT molecular complexity index is 593. The van der Waals surface area contributed by atoms with Gasteiger partial charge in [-0.05, 0) is 23.6 Å². The number of ether oxygens (including phenoxy) is 1. The number of imidazole rings is 1. The van der Waals surface area contributed by atoms with Crippen molar-refractivity contribution >= 4 is 0 Å². The largest absolute Gasteiger partial charge is 0.372 e. The van der Waals surface area contributed by atoms with E-state index < -0.39 is 0 Å². The minimum atomic E-state index is 0.0635. The van der Waals surface area contributed by atoms with Gasteiger partial charge in [-0.15, -0.1) is 0 Å². The van der Waals surface area contributed by atoms with E-state index in [1.54, 1.807) is 0 Å². The molecule has 106 valence electrons. The third-order valence-electron chi connectivity index (χ3n) is 3.88. The second kappa shape index (κ2) is 5.75. The van der Waals surface area contributed by atoms with E-state index in [2.05, 4.69) is 40.1 Å². The van der Waals surface area contributed by atoms with Gasteiger partial charge < -0.3 is 9.30 Å². The third kappa shape index (κ3) is 2.47. The zero-order chi connectivity index (χ0) is 13.9. The number of nitrogens with zero attached hydrogens (tertiary/aromatic N) is 2. The molecule has 0 saturated heterocycles. The molecule has 1 aromatic carbocycles.